The van der Waals surface area contributed by atoms with Gasteiger partial charge in [0.2, 0.25) is 0 Å². The van der Waals surface area contributed by atoms with Crippen molar-refractivity contribution in [2.45, 2.75) is 70.2 Å². The molecule has 6 nitrogen and oxygen atoms in total. The molecule has 0 spiro atoms. The number of rotatable bonds is 7. The molecule has 1 heterocycles. The lowest BCUT2D eigenvalue weighted by Crippen LogP contribution is -2.50. The fourth-order valence-corrected chi connectivity index (χ4v) is 4.99. The molecular weight excluding hydrogens is 440 g/mol. The lowest BCUT2D eigenvalue weighted by Gasteiger charge is -2.39. The summed E-state index contributed by atoms with van der Waals surface area (Å²) < 4.78 is 5.84. The largest absolute Gasteiger partial charge is 0.478 e. The van der Waals surface area contributed by atoms with Crippen LogP contribution in [0.15, 0.2) is 60.7 Å². The summed E-state index contributed by atoms with van der Waals surface area (Å²) in [6.07, 6.45) is 5.40. The fourth-order valence-electron chi connectivity index (χ4n) is 4.99. The van der Waals surface area contributed by atoms with Gasteiger partial charge in [-0.05, 0) is 62.8 Å². The van der Waals surface area contributed by atoms with Gasteiger partial charge in [0.1, 0.15) is 5.60 Å². The van der Waals surface area contributed by atoms with Crippen molar-refractivity contribution in [1.82, 2.24) is 9.80 Å². The zero-order chi connectivity index (χ0) is 25.0. The van der Waals surface area contributed by atoms with E-state index < -0.39 is 11.6 Å². The lowest BCUT2D eigenvalue weighted by atomic mass is 10.0. The first-order valence-electron chi connectivity index (χ1n) is 12.5. The van der Waals surface area contributed by atoms with Crippen LogP contribution in [0.1, 0.15) is 62.6 Å². The number of carbonyl (C=O) groups excluding carboxylic acids is 1. The molecule has 1 saturated heterocycles. The predicted molar refractivity (Wildman–Crippen MR) is 137 cm³/mol. The summed E-state index contributed by atoms with van der Waals surface area (Å²) in [5.41, 5.74) is 2.82. The van der Waals surface area contributed by atoms with Gasteiger partial charge in [-0.1, -0.05) is 54.6 Å². The zero-order valence-electron chi connectivity index (χ0n) is 20.9. The van der Waals surface area contributed by atoms with Crippen LogP contribution in [0.2, 0.25) is 0 Å². The topological polar surface area (TPSA) is 70.1 Å². The van der Waals surface area contributed by atoms with Gasteiger partial charge in [-0.3, -0.25) is 4.90 Å². The Morgan fingerprint density at radius 1 is 1.09 bits per heavy atom. The quantitative estimate of drug-likeness (QED) is 0.531. The molecule has 4 rings (SSSR count). The van der Waals surface area contributed by atoms with Gasteiger partial charge < -0.3 is 14.7 Å². The normalized spacial score (nSPS) is 21.1. The van der Waals surface area contributed by atoms with Gasteiger partial charge >= 0.3 is 12.1 Å². The Balaban J connectivity index is 1.40. The van der Waals surface area contributed by atoms with Crippen LogP contribution in [-0.4, -0.2) is 57.7 Å². The first-order chi connectivity index (χ1) is 16.7. The second-order valence-corrected chi connectivity index (χ2v) is 10.6. The van der Waals surface area contributed by atoms with E-state index in [9.17, 15) is 9.59 Å². The number of hydrogen-bond acceptors (Lipinski definition) is 4. The molecule has 1 N–H and O–H groups in total. The number of piperidine rings is 1. The van der Waals surface area contributed by atoms with Crippen LogP contribution in [0, 0.1) is 0 Å². The molecule has 0 aromatic heterocycles. The van der Waals surface area contributed by atoms with E-state index in [1.54, 1.807) is 6.08 Å². The van der Waals surface area contributed by atoms with Crippen molar-refractivity contribution in [2.75, 3.05) is 13.1 Å². The number of aliphatic carboxylic acids is 1. The summed E-state index contributed by atoms with van der Waals surface area (Å²) in [5.74, 6) is -0.569. The van der Waals surface area contributed by atoms with Gasteiger partial charge in [-0.15, -0.1) is 0 Å². The molecule has 2 atom stereocenters. The molecule has 35 heavy (non-hydrogen) atoms. The monoisotopic (exact) mass is 476 g/mol. The maximum Gasteiger partial charge on any atom is 0.410 e. The third-order valence-corrected chi connectivity index (χ3v) is 6.67. The second kappa shape index (κ2) is 10.6. The van der Waals surface area contributed by atoms with Crippen LogP contribution in [0.4, 0.5) is 4.79 Å². The summed E-state index contributed by atoms with van der Waals surface area (Å²) in [7, 11) is 0. The third kappa shape index (κ3) is 6.95. The van der Waals surface area contributed by atoms with Crippen LogP contribution in [0.5, 0.6) is 0 Å². The first-order valence-corrected chi connectivity index (χ1v) is 12.5. The minimum Gasteiger partial charge on any atom is -0.478 e. The summed E-state index contributed by atoms with van der Waals surface area (Å²) >= 11 is 0. The van der Waals surface area contributed by atoms with Crippen molar-refractivity contribution in [3.63, 3.8) is 0 Å². The highest BCUT2D eigenvalue weighted by atomic mass is 16.6. The maximum atomic E-state index is 13.3. The van der Waals surface area contributed by atoms with Gasteiger partial charge in [0.15, 0.2) is 0 Å². The molecule has 6 heteroatoms. The fraction of sp³-hybridized carbons (Fsp3) is 0.448. The number of benzene rings is 2. The molecule has 2 aliphatic rings. The number of carboxylic acids is 1. The Morgan fingerprint density at radius 3 is 2.46 bits per heavy atom. The number of ether oxygens (including phenoxy) is 1. The van der Waals surface area contributed by atoms with E-state index in [4.69, 9.17) is 9.84 Å². The van der Waals surface area contributed by atoms with E-state index in [1.165, 1.54) is 5.56 Å². The summed E-state index contributed by atoms with van der Waals surface area (Å²) in [6.45, 7) is 8.39. The minimum atomic E-state index is -0.947. The average molecular weight is 477 g/mol. The van der Waals surface area contributed by atoms with Crippen molar-refractivity contribution in [3.8, 4) is 0 Å². The highest BCUT2D eigenvalue weighted by Crippen LogP contribution is 2.46. The Hall–Kier alpha value is -3.12. The number of nitrogens with zero attached hydrogens (tertiary/aromatic N) is 2. The maximum absolute atomic E-state index is 13.3. The van der Waals surface area contributed by atoms with Gasteiger partial charge in [0, 0.05) is 43.7 Å². The molecule has 0 radical (unpaired) electrons. The van der Waals surface area contributed by atoms with Crippen molar-refractivity contribution in [1.29, 1.82) is 0 Å². The Kier molecular flexibility index (Phi) is 7.60. The second-order valence-electron chi connectivity index (χ2n) is 10.6. The predicted octanol–water partition coefficient (Wildman–Crippen LogP) is 5.54. The van der Waals surface area contributed by atoms with Crippen LogP contribution in [0.25, 0.3) is 6.08 Å². The summed E-state index contributed by atoms with van der Waals surface area (Å²) in [6, 6.07) is 18.8. The van der Waals surface area contributed by atoms with E-state index in [-0.39, 0.29) is 18.2 Å². The van der Waals surface area contributed by atoms with Gasteiger partial charge in [-0.2, -0.15) is 0 Å². The molecule has 1 amide bonds. The molecule has 0 unspecified atom stereocenters. The average Bonchev–Trinajstić information content (AvgIpc) is 3.59. The number of carbonyl (C=O) groups is 2. The van der Waals surface area contributed by atoms with Gasteiger partial charge in [-0.25, -0.2) is 9.59 Å². The molecular formula is C29H36N2O4. The van der Waals surface area contributed by atoms with Crippen LogP contribution in [0.3, 0.4) is 0 Å². The summed E-state index contributed by atoms with van der Waals surface area (Å²) in [4.78, 5) is 28.5. The third-order valence-electron chi connectivity index (χ3n) is 6.67. The number of hydrogen-bond donors (Lipinski definition) is 1. The summed E-state index contributed by atoms with van der Waals surface area (Å²) in [5, 5.41) is 8.87. The lowest BCUT2D eigenvalue weighted by molar-refractivity contribution is -0.131. The van der Waals surface area contributed by atoms with E-state index in [0.717, 1.165) is 56.1 Å². The van der Waals surface area contributed by atoms with Crippen LogP contribution in [-0.2, 0) is 16.1 Å². The molecule has 2 aromatic rings. The number of likely N-dealkylation sites (tertiary alicyclic amines) is 1. The van der Waals surface area contributed by atoms with E-state index in [2.05, 4.69) is 35.2 Å². The number of carboxylic acid groups (broad SMARTS) is 1. The Bertz CT molecular complexity index is 1050. The molecule has 0 bridgehead atoms. The van der Waals surface area contributed by atoms with Crippen molar-refractivity contribution >= 4 is 18.1 Å². The Labute approximate surface area is 208 Å². The number of amides is 1. The van der Waals surface area contributed by atoms with E-state index in [1.807, 2.05) is 49.9 Å². The zero-order valence-corrected chi connectivity index (χ0v) is 20.9. The standard InChI is InChI=1S/C29H36N2O4/c1-29(2,3)35-28(34)31(26-19-25(26)23-10-5-4-6-11-23)24-14-16-30(17-15-24)20-22-9-7-8-21(18-22)12-13-27(32)33/h4-13,18,24-26H,14-17,19-20H2,1-3H3,(H,32,33)/t25-,26+/m0/s1. The van der Waals surface area contributed by atoms with Crippen molar-refractivity contribution in [3.05, 3.63) is 77.4 Å². The molecule has 1 saturated carbocycles. The van der Waals surface area contributed by atoms with Gasteiger partial charge in [0.05, 0.1) is 0 Å². The van der Waals surface area contributed by atoms with Crippen LogP contribution < -0.4 is 0 Å². The minimum absolute atomic E-state index is 0.171. The molecule has 186 valence electrons. The highest BCUT2D eigenvalue weighted by Gasteiger charge is 2.48. The molecule has 2 fully saturated rings. The molecule has 2 aromatic carbocycles. The van der Waals surface area contributed by atoms with Crippen molar-refractivity contribution < 1.29 is 19.4 Å². The first kappa shape index (κ1) is 25.0. The van der Waals surface area contributed by atoms with E-state index in [0.29, 0.717) is 5.92 Å². The van der Waals surface area contributed by atoms with Gasteiger partial charge in [0.25, 0.3) is 0 Å². The SMILES string of the molecule is CC(C)(C)OC(=O)N(C1CCN(Cc2cccc(C=CC(=O)O)c2)CC1)[C@@H]1C[C@H]1c1ccccc1. The smallest absolute Gasteiger partial charge is 0.410 e. The van der Waals surface area contributed by atoms with E-state index >= 15 is 0 Å². The molecule has 1 aliphatic carbocycles. The highest BCUT2D eigenvalue weighted by molar-refractivity contribution is 5.85. The van der Waals surface area contributed by atoms with Crippen molar-refractivity contribution in [2.24, 2.45) is 0 Å². The molecule has 1 aliphatic heterocycles. The van der Waals surface area contributed by atoms with Crippen LogP contribution >= 0.6 is 0 Å². The Morgan fingerprint density at radius 2 is 1.80 bits per heavy atom.